The average molecular weight is 500 g/mol. The summed E-state index contributed by atoms with van der Waals surface area (Å²) in [5.41, 5.74) is -0.791. The molecule has 0 aliphatic carbocycles. The number of hydrogen-bond donors (Lipinski definition) is 3. The number of hydrogen-bond acceptors (Lipinski definition) is 7. The van der Waals surface area contributed by atoms with Gasteiger partial charge in [-0.1, -0.05) is 23.2 Å². The number of anilines is 1. The number of rotatable bonds is 11. The lowest BCUT2D eigenvalue weighted by molar-refractivity contribution is 0.0786. The highest BCUT2D eigenvalue weighted by molar-refractivity contribution is 6.35. The summed E-state index contributed by atoms with van der Waals surface area (Å²) in [6.07, 6.45) is -0.167. The zero-order valence-corrected chi connectivity index (χ0v) is 20.1. The van der Waals surface area contributed by atoms with Crippen molar-refractivity contribution in [3.63, 3.8) is 0 Å². The molecule has 180 valence electrons. The standard InChI is InChI=1S/C21H27Cl2N5O5/c1-12(2)32-8-4-7-24-20-25-18-17(19(30)26-21(31)27(18)3)28(20)10-14(29)11-33-16-6-5-13(22)9-15(16)23/h5-6,9,12,14,29H,4,7-8,10-11H2,1-3H3,(H,24,25)(H,26,30,31)/t14-/m1/s1. The van der Waals surface area contributed by atoms with Crippen LogP contribution in [0.1, 0.15) is 20.3 Å². The lowest BCUT2D eigenvalue weighted by Gasteiger charge is -2.16. The summed E-state index contributed by atoms with van der Waals surface area (Å²) in [7, 11) is 1.51. The predicted molar refractivity (Wildman–Crippen MR) is 128 cm³/mol. The number of H-pyrrole nitrogens is 1. The summed E-state index contributed by atoms with van der Waals surface area (Å²) in [4.78, 5) is 31.3. The Hall–Kier alpha value is -2.53. The van der Waals surface area contributed by atoms with Gasteiger partial charge >= 0.3 is 5.69 Å². The number of imidazole rings is 1. The third kappa shape index (κ3) is 6.29. The van der Waals surface area contributed by atoms with Crippen LogP contribution in [0.3, 0.4) is 0 Å². The quantitative estimate of drug-likeness (QED) is 0.346. The summed E-state index contributed by atoms with van der Waals surface area (Å²) >= 11 is 12.0. The third-order valence-electron chi connectivity index (χ3n) is 4.78. The van der Waals surface area contributed by atoms with E-state index >= 15 is 0 Å². The lowest BCUT2D eigenvalue weighted by Crippen LogP contribution is -2.31. The molecule has 12 heteroatoms. The molecule has 2 heterocycles. The Kier molecular flexibility index (Phi) is 8.41. The molecular weight excluding hydrogens is 473 g/mol. The highest BCUT2D eigenvalue weighted by atomic mass is 35.5. The SMILES string of the molecule is CC(C)OCCCNc1nc2c(c(=O)[nH]c(=O)n2C)n1C[C@@H](O)COc1ccc(Cl)cc1Cl. The van der Waals surface area contributed by atoms with Crippen molar-refractivity contribution in [1.82, 2.24) is 19.1 Å². The average Bonchev–Trinajstić information content (AvgIpc) is 3.09. The molecule has 0 saturated heterocycles. The van der Waals surface area contributed by atoms with Crippen molar-refractivity contribution in [2.45, 2.75) is 39.0 Å². The molecule has 0 aliphatic rings. The second kappa shape index (κ2) is 11.1. The Labute approximate surface area is 200 Å². The predicted octanol–water partition coefficient (Wildman–Crippen LogP) is 2.40. The molecule has 10 nitrogen and oxygen atoms in total. The zero-order valence-electron chi connectivity index (χ0n) is 18.6. The molecule has 0 radical (unpaired) electrons. The minimum Gasteiger partial charge on any atom is -0.489 e. The highest BCUT2D eigenvalue weighted by Gasteiger charge is 2.20. The van der Waals surface area contributed by atoms with Gasteiger partial charge in [-0.05, 0) is 38.5 Å². The Bertz CT molecular complexity index is 1220. The maximum atomic E-state index is 12.6. The summed E-state index contributed by atoms with van der Waals surface area (Å²) in [5, 5.41) is 14.6. The number of nitrogens with zero attached hydrogens (tertiary/aromatic N) is 3. The van der Waals surface area contributed by atoms with Crippen molar-refractivity contribution in [2.75, 3.05) is 25.1 Å². The summed E-state index contributed by atoms with van der Waals surface area (Å²) in [6, 6.07) is 4.78. The maximum absolute atomic E-state index is 12.6. The van der Waals surface area contributed by atoms with E-state index in [0.29, 0.717) is 41.3 Å². The second-order valence-electron chi connectivity index (χ2n) is 7.78. The van der Waals surface area contributed by atoms with E-state index in [1.165, 1.54) is 16.2 Å². The Morgan fingerprint density at radius 3 is 2.73 bits per heavy atom. The molecule has 33 heavy (non-hydrogen) atoms. The Morgan fingerprint density at radius 1 is 1.27 bits per heavy atom. The van der Waals surface area contributed by atoms with Crippen LogP contribution in [0.25, 0.3) is 11.2 Å². The van der Waals surface area contributed by atoms with Gasteiger partial charge in [-0.25, -0.2) is 4.79 Å². The molecule has 3 aromatic rings. The molecule has 0 amide bonds. The van der Waals surface area contributed by atoms with Crippen LogP contribution in [0, 0.1) is 0 Å². The second-order valence-corrected chi connectivity index (χ2v) is 8.62. The van der Waals surface area contributed by atoms with Crippen molar-refractivity contribution >= 4 is 40.3 Å². The van der Waals surface area contributed by atoms with E-state index in [2.05, 4.69) is 15.3 Å². The number of aryl methyl sites for hydroxylation is 1. The molecule has 0 fully saturated rings. The van der Waals surface area contributed by atoms with Crippen LogP contribution in [0.15, 0.2) is 27.8 Å². The lowest BCUT2D eigenvalue weighted by atomic mass is 10.3. The van der Waals surface area contributed by atoms with E-state index in [0.717, 1.165) is 0 Å². The molecule has 0 unspecified atom stereocenters. The number of aliphatic hydroxyl groups excluding tert-OH is 1. The van der Waals surface area contributed by atoms with Gasteiger partial charge in [0, 0.05) is 25.2 Å². The molecule has 0 spiro atoms. The van der Waals surface area contributed by atoms with Crippen LogP contribution < -0.4 is 21.3 Å². The van der Waals surface area contributed by atoms with Crippen molar-refractivity contribution < 1.29 is 14.6 Å². The smallest absolute Gasteiger partial charge is 0.329 e. The van der Waals surface area contributed by atoms with Crippen molar-refractivity contribution in [1.29, 1.82) is 0 Å². The van der Waals surface area contributed by atoms with E-state index in [1.807, 2.05) is 13.8 Å². The number of aromatic nitrogens is 4. The molecule has 1 atom stereocenters. The highest BCUT2D eigenvalue weighted by Crippen LogP contribution is 2.27. The van der Waals surface area contributed by atoms with Crippen LogP contribution >= 0.6 is 23.2 Å². The molecule has 0 bridgehead atoms. The van der Waals surface area contributed by atoms with Gasteiger partial charge in [0.2, 0.25) is 5.95 Å². The van der Waals surface area contributed by atoms with Crippen molar-refractivity contribution in [3.05, 3.63) is 49.1 Å². The van der Waals surface area contributed by atoms with Gasteiger partial charge in [-0.2, -0.15) is 4.98 Å². The molecule has 1 aromatic carbocycles. The van der Waals surface area contributed by atoms with Gasteiger partial charge in [0.25, 0.3) is 5.56 Å². The molecule has 2 aromatic heterocycles. The fraction of sp³-hybridized carbons (Fsp3) is 0.476. The van der Waals surface area contributed by atoms with Crippen LogP contribution in [0.2, 0.25) is 10.0 Å². The van der Waals surface area contributed by atoms with Gasteiger partial charge in [0.1, 0.15) is 18.5 Å². The summed E-state index contributed by atoms with van der Waals surface area (Å²) in [5.74, 6) is 0.726. The number of benzene rings is 1. The molecular formula is C21H27Cl2N5O5. The van der Waals surface area contributed by atoms with E-state index in [4.69, 9.17) is 32.7 Å². The normalized spacial score (nSPS) is 12.5. The summed E-state index contributed by atoms with van der Waals surface area (Å²) < 4.78 is 13.9. The van der Waals surface area contributed by atoms with E-state index in [-0.39, 0.29) is 30.4 Å². The molecule has 3 rings (SSSR count). The van der Waals surface area contributed by atoms with Gasteiger partial charge in [0.15, 0.2) is 11.2 Å². The van der Waals surface area contributed by atoms with Crippen molar-refractivity contribution in [3.8, 4) is 5.75 Å². The summed E-state index contributed by atoms with van der Waals surface area (Å²) in [6.45, 7) is 4.90. The fourth-order valence-electron chi connectivity index (χ4n) is 3.18. The molecule has 3 N–H and O–H groups in total. The number of aromatic amines is 1. The molecule has 0 aliphatic heterocycles. The van der Waals surface area contributed by atoms with Gasteiger partial charge in [0.05, 0.1) is 17.7 Å². The minimum atomic E-state index is -1.00. The first-order valence-corrected chi connectivity index (χ1v) is 11.2. The van der Waals surface area contributed by atoms with Gasteiger partial charge in [-0.3, -0.25) is 14.3 Å². The first-order chi connectivity index (χ1) is 15.7. The monoisotopic (exact) mass is 499 g/mol. The number of nitrogens with one attached hydrogen (secondary N) is 2. The van der Waals surface area contributed by atoms with Crippen LogP contribution in [-0.4, -0.2) is 56.2 Å². The van der Waals surface area contributed by atoms with Crippen LogP contribution in [0.4, 0.5) is 5.95 Å². The largest absolute Gasteiger partial charge is 0.489 e. The van der Waals surface area contributed by atoms with E-state index < -0.39 is 17.4 Å². The Morgan fingerprint density at radius 2 is 2.03 bits per heavy atom. The minimum absolute atomic E-state index is 0.00613. The Balaban J connectivity index is 1.80. The van der Waals surface area contributed by atoms with Crippen molar-refractivity contribution in [2.24, 2.45) is 7.05 Å². The number of fused-ring (bicyclic) bond motifs is 1. The number of aliphatic hydroxyl groups is 1. The third-order valence-corrected chi connectivity index (χ3v) is 5.31. The number of halogens is 2. The fourth-order valence-corrected chi connectivity index (χ4v) is 3.64. The van der Waals surface area contributed by atoms with E-state index in [1.54, 1.807) is 18.2 Å². The molecule has 0 saturated carbocycles. The maximum Gasteiger partial charge on any atom is 0.329 e. The topological polar surface area (TPSA) is 123 Å². The van der Waals surface area contributed by atoms with Gasteiger partial charge in [-0.15, -0.1) is 0 Å². The first-order valence-electron chi connectivity index (χ1n) is 10.5. The van der Waals surface area contributed by atoms with Crippen LogP contribution in [0.5, 0.6) is 5.75 Å². The van der Waals surface area contributed by atoms with Crippen LogP contribution in [-0.2, 0) is 18.3 Å². The zero-order chi connectivity index (χ0) is 24.1. The first kappa shape index (κ1) is 25.1. The number of ether oxygens (including phenoxy) is 2. The van der Waals surface area contributed by atoms with E-state index in [9.17, 15) is 14.7 Å². The van der Waals surface area contributed by atoms with Gasteiger partial charge < -0.3 is 24.5 Å².